The number of hydrogen-bond donors (Lipinski definition) is 0. The lowest BCUT2D eigenvalue weighted by Gasteiger charge is -1.99. The van der Waals surface area contributed by atoms with Crippen LogP contribution in [0.5, 0.6) is 0 Å². The van der Waals surface area contributed by atoms with Crippen molar-refractivity contribution in [3.05, 3.63) is 32.4 Å². The number of hydrogen-bond acceptors (Lipinski definition) is 3. The third-order valence-electron chi connectivity index (χ3n) is 1.29. The molecule has 0 radical (unpaired) electrons. The molecule has 4 nitrogen and oxygen atoms in total. The number of nitro groups is 1. The normalized spacial score (nSPS) is 10.5. The summed E-state index contributed by atoms with van der Waals surface area (Å²) in [6, 6.07) is 0.946. The highest BCUT2D eigenvalue weighted by molar-refractivity contribution is 9.10. The lowest BCUT2D eigenvalue weighted by Crippen LogP contribution is -1.95. The highest BCUT2D eigenvalue weighted by atomic mass is 79.9. The van der Waals surface area contributed by atoms with Gasteiger partial charge in [-0.05, 0) is 25.8 Å². The van der Waals surface area contributed by atoms with Crippen LogP contribution in [0.15, 0.2) is 16.7 Å². The third kappa shape index (κ3) is 2.18. The van der Waals surface area contributed by atoms with Crippen molar-refractivity contribution in [1.29, 1.82) is 0 Å². The first-order valence-corrected chi connectivity index (χ1v) is 3.89. The van der Waals surface area contributed by atoms with Crippen molar-refractivity contribution < 1.29 is 13.7 Å². The van der Waals surface area contributed by atoms with Gasteiger partial charge in [-0.25, -0.2) is 8.78 Å². The minimum Gasteiger partial charge on any atom is -0.358 e. The van der Waals surface area contributed by atoms with Crippen LogP contribution in [0.1, 0.15) is 12.0 Å². The number of alkyl halides is 2. The molecular weight excluding hydrogens is 250 g/mol. The molecule has 0 aliphatic heterocycles. The van der Waals surface area contributed by atoms with Gasteiger partial charge in [-0.1, -0.05) is 0 Å². The predicted octanol–water partition coefficient (Wildman–Crippen LogP) is 2.69. The molecule has 0 aliphatic rings. The van der Waals surface area contributed by atoms with Gasteiger partial charge in [0.15, 0.2) is 0 Å². The molecule has 0 spiro atoms. The Morgan fingerprint density at radius 3 is 2.62 bits per heavy atom. The number of halogens is 3. The summed E-state index contributed by atoms with van der Waals surface area (Å²) >= 11 is 2.79. The molecule has 0 fully saturated rings. The topological polar surface area (TPSA) is 56.0 Å². The molecular formula is C6H3BrF2N2O2. The van der Waals surface area contributed by atoms with Crippen LogP contribution in [0.2, 0.25) is 0 Å². The van der Waals surface area contributed by atoms with Crippen molar-refractivity contribution in [2.75, 3.05) is 0 Å². The fourth-order valence-corrected chi connectivity index (χ4v) is 1.17. The number of pyridine rings is 1. The van der Waals surface area contributed by atoms with E-state index in [9.17, 15) is 18.9 Å². The van der Waals surface area contributed by atoms with Crippen LogP contribution in [0, 0.1) is 10.1 Å². The summed E-state index contributed by atoms with van der Waals surface area (Å²) in [6.45, 7) is 0. The van der Waals surface area contributed by atoms with E-state index in [4.69, 9.17) is 0 Å². The fraction of sp³-hybridized carbons (Fsp3) is 0.167. The minimum absolute atomic E-state index is 0.01000. The summed E-state index contributed by atoms with van der Waals surface area (Å²) in [7, 11) is 0. The second-order valence-electron chi connectivity index (χ2n) is 2.12. The maximum atomic E-state index is 12.1. The van der Waals surface area contributed by atoms with Crippen molar-refractivity contribution in [1.82, 2.24) is 4.98 Å². The Hall–Kier alpha value is -1.11. The summed E-state index contributed by atoms with van der Waals surface area (Å²) in [6.07, 6.45) is -1.91. The average Bonchev–Trinajstić information content (AvgIpc) is 2.03. The Morgan fingerprint density at radius 2 is 2.23 bits per heavy atom. The van der Waals surface area contributed by atoms with Crippen LogP contribution >= 0.6 is 15.9 Å². The zero-order chi connectivity index (χ0) is 10.0. The molecule has 7 heteroatoms. The summed E-state index contributed by atoms with van der Waals surface area (Å²) in [4.78, 5) is 12.7. The van der Waals surface area contributed by atoms with E-state index < -0.39 is 17.2 Å². The summed E-state index contributed by atoms with van der Waals surface area (Å²) in [5, 5.41) is 10.2. The molecule has 0 saturated heterocycles. The number of nitrogens with zero attached hydrogens (tertiary/aromatic N) is 2. The molecule has 1 aromatic heterocycles. The SMILES string of the molecule is O=[N+]([O-])c1cc(Br)c(C(F)F)cn1. The monoisotopic (exact) mass is 252 g/mol. The van der Waals surface area contributed by atoms with Gasteiger partial charge in [-0.3, -0.25) is 0 Å². The van der Waals surface area contributed by atoms with Gasteiger partial charge in [0.25, 0.3) is 6.43 Å². The summed E-state index contributed by atoms with van der Waals surface area (Å²) in [5.41, 5.74) is -0.356. The second kappa shape index (κ2) is 3.73. The molecule has 0 unspecified atom stereocenters. The Balaban J connectivity index is 3.13. The first-order chi connectivity index (χ1) is 6.02. The van der Waals surface area contributed by atoms with Crippen LogP contribution in [0.3, 0.4) is 0 Å². The third-order valence-corrected chi connectivity index (χ3v) is 1.98. The number of rotatable bonds is 2. The summed E-state index contributed by atoms with van der Waals surface area (Å²) in [5.74, 6) is -0.462. The number of aromatic nitrogens is 1. The predicted molar refractivity (Wildman–Crippen MR) is 43.5 cm³/mol. The Labute approximate surface area is 79.9 Å². The van der Waals surface area contributed by atoms with Crippen molar-refractivity contribution in [3.8, 4) is 0 Å². The molecule has 1 heterocycles. The maximum absolute atomic E-state index is 12.1. The van der Waals surface area contributed by atoms with Gasteiger partial charge in [-0.15, -0.1) is 0 Å². The molecule has 13 heavy (non-hydrogen) atoms. The van der Waals surface area contributed by atoms with Crippen molar-refractivity contribution in [2.45, 2.75) is 6.43 Å². The molecule has 0 aliphatic carbocycles. The molecule has 1 aromatic rings. The van der Waals surface area contributed by atoms with E-state index >= 15 is 0 Å². The van der Waals surface area contributed by atoms with Crippen molar-refractivity contribution >= 4 is 21.7 Å². The highest BCUT2D eigenvalue weighted by Gasteiger charge is 2.17. The Kier molecular flexibility index (Phi) is 2.86. The van der Waals surface area contributed by atoms with Crippen molar-refractivity contribution in [2.24, 2.45) is 0 Å². The molecule has 0 amide bonds. The molecule has 70 valence electrons. The van der Waals surface area contributed by atoms with E-state index in [1.165, 1.54) is 0 Å². The zero-order valence-electron chi connectivity index (χ0n) is 6.08. The van der Waals surface area contributed by atoms with Gasteiger partial charge in [0.05, 0.1) is 11.6 Å². The Morgan fingerprint density at radius 1 is 1.62 bits per heavy atom. The first kappa shape index (κ1) is 9.97. The molecule has 0 N–H and O–H groups in total. The van der Waals surface area contributed by atoms with E-state index in [0.29, 0.717) is 0 Å². The average molecular weight is 253 g/mol. The molecule has 0 saturated carbocycles. The van der Waals surface area contributed by atoms with E-state index in [-0.39, 0.29) is 10.0 Å². The molecule has 0 bridgehead atoms. The van der Waals surface area contributed by atoms with Crippen LogP contribution < -0.4 is 0 Å². The van der Waals surface area contributed by atoms with Crippen LogP contribution in [-0.2, 0) is 0 Å². The van der Waals surface area contributed by atoms with E-state index in [1.54, 1.807) is 0 Å². The van der Waals surface area contributed by atoms with Crippen LogP contribution in [0.25, 0.3) is 0 Å². The van der Waals surface area contributed by atoms with Crippen molar-refractivity contribution in [3.63, 3.8) is 0 Å². The lowest BCUT2D eigenvalue weighted by atomic mass is 10.3. The summed E-state index contributed by atoms with van der Waals surface area (Å²) < 4.78 is 24.2. The standard InChI is InChI=1S/C6H3BrF2N2O2/c7-4-1-5(11(12)13)10-2-3(4)6(8)9/h1-2,6H. The highest BCUT2D eigenvalue weighted by Crippen LogP contribution is 2.28. The maximum Gasteiger partial charge on any atom is 0.364 e. The lowest BCUT2D eigenvalue weighted by molar-refractivity contribution is -0.389. The van der Waals surface area contributed by atoms with Gasteiger partial charge in [-0.2, -0.15) is 0 Å². The smallest absolute Gasteiger partial charge is 0.358 e. The molecule has 0 aromatic carbocycles. The van der Waals surface area contributed by atoms with E-state index in [0.717, 1.165) is 12.3 Å². The molecule has 1 rings (SSSR count). The van der Waals surface area contributed by atoms with E-state index in [2.05, 4.69) is 20.9 Å². The van der Waals surface area contributed by atoms with Crippen LogP contribution in [0.4, 0.5) is 14.6 Å². The van der Waals surface area contributed by atoms with Gasteiger partial charge in [0.1, 0.15) is 6.20 Å². The largest absolute Gasteiger partial charge is 0.364 e. The minimum atomic E-state index is -2.69. The van der Waals surface area contributed by atoms with Gasteiger partial charge < -0.3 is 10.1 Å². The quantitative estimate of drug-likeness (QED) is 0.601. The second-order valence-corrected chi connectivity index (χ2v) is 2.98. The molecule has 0 atom stereocenters. The zero-order valence-corrected chi connectivity index (χ0v) is 7.66. The fourth-order valence-electron chi connectivity index (χ4n) is 0.692. The Bertz CT molecular complexity index is 345. The van der Waals surface area contributed by atoms with Crippen LogP contribution in [-0.4, -0.2) is 9.91 Å². The van der Waals surface area contributed by atoms with Gasteiger partial charge in [0, 0.05) is 4.47 Å². The van der Waals surface area contributed by atoms with E-state index in [1.807, 2.05) is 0 Å². The van der Waals surface area contributed by atoms with Gasteiger partial charge >= 0.3 is 5.82 Å². The van der Waals surface area contributed by atoms with Gasteiger partial charge in [0.2, 0.25) is 0 Å². The first-order valence-electron chi connectivity index (χ1n) is 3.10.